The molecule has 0 bridgehead atoms. The van der Waals surface area contributed by atoms with Gasteiger partial charge in [-0.05, 0) is 25.7 Å². The standard InChI is InChI=1S/C20H27F3N5O4/c1-3-6-12(15(29)20(21,22)23)26-17(30)14-8-5-11-28(14)19(32)13(7-4-2)27-18(31)16-24-9-10-25-16/h9,12-14H,3-8,11H2,1-2H3,(H,24,25)(H,26,30)(H,27,31)/t12-,13-,14-/m0/s1. The number of H-pyrrole nitrogens is 1. The van der Waals surface area contributed by atoms with Gasteiger partial charge in [-0.15, -0.1) is 0 Å². The lowest BCUT2D eigenvalue weighted by Gasteiger charge is -2.29. The third-order valence-corrected chi connectivity index (χ3v) is 5.17. The van der Waals surface area contributed by atoms with Crippen molar-refractivity contribution in [3.8, 4) is 0 Å². The lowest BCUT2D eigenvalue weighted by atomic mass is 10.1. The third-order valence-electron chi connectivity index (χ3n) is 5.17. The number of Topliss-reactive ketones (excluding diaryl/α,β-unsaturated/α-hetero) is 1. The molecule has 0 saturated carbocycles. The van der Waals surface area contributed by atoms with Gasteiger partial charge >= 0.3 is 6.18 Å². The summed E-state index contributed by atoms with van der Waals surface area (Å²) < 4.78 is 38.6. The first kappa shape index (κ1) is 25.3. The molecule has 1 fully saturated rings. The molecule has 1 saturated heterocycles. The third kappa shape index (κ3) is 6.30. The number of carbonyl (C=O) groups is 4. The van der Waals surface area contributed by atoms with Crippen molar-refractivity contribution in [3.05, 3.63) is 18.2 Å². The van der Waals surface area contributed by atoms with Crippen LogP contribution in [0.3, 0.4) is 0 Å². The van der Waals surface area contributed by atoms with Crippen molar-refractivity contribution in [2.45, 2.75) is 76.7 Å². The zero-order chi connectivity index (χ0) is 23.9. The number of hydrogen-bond acceptors (Lipinski definition) is 5. The number of hydrogen-bond donors (Lipinski definition) is 3. The van der Waals surface area contributed by atoms with E-state index < -0.39 is 47.8 Å². The Bertz CT molecular complexity index is 813. The van der Waals surface area contributed by atoms with Gasteiger partial charge in [0.15, 0.2) is 5.82 Å². The van der Waals surface area contributed by atoms with Gasteiger partial charge in [-0.25, -0.2) is 4.98 Å². The molecule has 3 atom stereocenters. The van der Waals surface area contributed by atoms with Crippen molar-refractivity contribution in [2.75, 3.05) is 6.54 Å². The maximum atomic E-state index is 13.1. The summed E-state index contributed by atoms with van der Waals surface area (Å²) in [5.74, 6) is -3.98. The Morgan fingerprint density at radius 2 is 1.84 bits per heavy atom. The lowest BCUT2D eigenvalue weighted by molar-refractivity contribution is -0.174. The minimum absolute atomic E-state index is 0.0253. The van der Waals surface area contributed by atoms with Gasteiger partial charge in [-0.1, -0.05) is 26.7 Å². The van der Waals surface area contributed by atoms with Crippen LogP contribution in [0.4, 0.5) is 13.2 Å². The smallest absolute Gasteiger partial charge is 0.344 e. The first-order chi connectivity index (χ1) is 15.1. The molecule has 1 aromatic rings. The molecule has 0 spiro atoms. The number of halogens is 3. The van der Waals surface area contributed by atoms with Crippen LogP contribution in [0.25, 0.3) is 0 Å². The van der Waals surface area contributed by atoms with Gasteiger partial charge in [0.1, 0.15) is 18.3 Å². The number of nitrogens with zero attached hydrogens (tertiary/aromatic N) is 2. The molecule has 1 radical (unpaired) electrons. The van der Waals surface area contributed by atoms with Crippen molar-refractivity contribution in [2.24, 2.45) is 0 Å². The molecule has 1 aliphatic heterocycles. The highest BCUT2D eigenvalue weighted by molar-refractivity contribution is 5.98. The fraction of sp³-hybridized carbons (Fsp3) is 0.650. The summed E-state index contributed by atoms with van der Waals surface area (Å²) >= 11 is 0. The maximum absolute atomic E-state index is 13.1. The lowest BCUT2D eigenvalue weighted by Crippen LogP contribution is -2.56. The second kappa shape index (κ2) is 11.1. The largest absolute Gasteiger partial charge is 0.452 e. The van der Waals surface area contributed by atoms with E-state index in [1.165, 1.54) is 11.1 Å². The predicted molar refractivity (Wildman–Crippen MR) is 106 cm³/mol. The zero-order valence-electron chi connectivity index (χ0n) is 17.9. The number of imidazole rings is 1. The van der Waals surface area contributed by atoms with Crippen LogP contribution < -0.4 is 10.6 Å². The molecule has 32 heavy (non-hydrogen) atoms. The van der Waals surface area contributed by atoms with E-state index in [4.69, 9.17) is 0 Å². The summed E-state index contributed by atoms with van der Waals surface area (Å²) in [6.07, 6.45) is 0.374. The second-order valence-corrected chi connectivity index (χ2v) is 7.59. The van der Waals surface area contributed by atoms with E-state index in [9.17, 15) is 32.3 Å². The van der Waals surface area contributed by atoms with Gasteiger partial charge in [-0.2, -0.15) is 13.2 Å². The summed E-state index contributed by atoms with van der Waals surface area (Å²) in [5, 5.41) is 4.75. The Morgan fingerprint density at radius 3 is 2.41 bits per heavy atom. The average Bonchev–Trinajstić information content (AvgIpc) is 3.43. The van der Waals surface area contributed by atoms with E-state index in [0.717, 1.165) is 0 Å². The number of aromatic nitrogens is 2. The molecular formula is C20H27F3N5O4. The number of amides is 3. The normalized spacial score (nSPS) is 18.2. The van der Waals surface area contributed by atoms with Crippen LogP contribution in [-0.4, -0.2) is 69.2 Å². The minimum Gasteiger partial charge on any atom is -0.344 e. The Hall–Kier alpha value is -2.92. The van der Waals surface area contributed by atoms with Crippen LogP contribution in [-0.2, 0) is 14.4 Å². The summed E-state index contributed by atoms with van der Waals surface area (Å²) in [6, 6.07) is -3.66. The minimum atomic E-state index is -5.07. The van der Waals surface area contributed by atoms with Crippen LogP contribution in [0.15, 0.2) is 6.20 Å². The van der Waals surface area contributed by atoms with Crippen LogP contribution in [0.5, 0.6) is 0 Å². The van der Waals surface area contributed by atoms with Crippen molar-refractivity contribution < 1.29 is 32.3 Å². The SMILES string of the molecule is CCC[C@H](NC(=O)c1n[c]c[nH]1)C(=O)N1CCC[C@H]1C(=O)N[C@@H](CCC)C(=O)C(F)(F)F. The molecule has 12 heteroatoms. The Balaban J connectivity index is 2.12. The van der Waals surface area contributed by atoms with E-state index in [-0.39, 0.29) is 31.6 Å². The van der Waals surface area contributed by atoms with Gasteiger partial charge in [-0.3, -0.25) is 19.2 Å². The number of likely N-dealkylation sites (tertiary alicyclic amines) is 1. The van der Waals surface area contributed by atoms with E-state index in [0.29, 0.717) is 19.3 Å². The van der Waals surface area contributed by atoms with Gasteiger partial charge in [0.2, 0.25) is 11.8 Å². The van der Waals surface area contributed by atoms with Crippen molar-refractivity contribution in [1.29, 1.82) is 0 Å². The van der Waals surface area contributed by atoms with Gasteiger partial charge in [0.05, 0.1) is 6.04 Å². The molecule has 3 amide bonds. The zero-order valence-corrected chi connectivity index (χ0v) is 17.9. The van der Waals surface area contributed by atoms with Crippen LogP contribution in [0.1, 0.15) is 63.0 Å². The maximum Gasteiger partial charge on any atom is 0.452 e. The Kier molecular flexibility index (Phi) is 8.79. The molecule has 1 aromatic heterocycles. The molecule has 2 rings (SSSR count). The highest BCUT2D eigenvalue weighted by atomic mass is 19.4. The van der Waals surface area contributed by atoms with E-state index in [1.807, 2.05) is 6.92 Å². The summed E-state index contributed by atoms with van der Waals surface area (Å²) in [7, 11) is 0. The van der Waals surface area contributed by atoms with Gasteiger partial charge in [0.25, 0.3) is 11.7 Å². The molecule has 0 aromatic carbocycles. The van der Waals surface area contributed by atoms with Crippen molar-refractivity contribution >= 4 is 23.5 Å². The molecule has 3 N–H and O–H groups in total. The highest BCUT2D eigenvalue weighted by Gasteiger charge is 2.45. The van der Waals surface area contributed by atoms with E-state index in [2.05, 4.69) is 26.8 Å². The van der Waals surface area contributed by atoms with Crippen molar-refractivity contribution in [1.82, 2.24) is 25.5 Å². The fourth-order valence-corrected chi connectivity index (χ4v) is 3.64. The number of nitrogens with one attached hydrogen (secondary N) is 3. The molecular weight excluding hydrogens is 431 g/mol. The first-order valence-electron chi connectivity index (χ1n) is 10.5. The van der Waals surface area contributed by atoms with E-state index >= 15 is 0 Å². The molecule has 177 valence electrons. The summed E-state index contributed by atoms with van der Waals surface area (Å²) in [6.45, 7) is 3.63. The molecule has 1 aliphatic rings. The molecule has 2 heterocycles. The average molecular weight is 458 g/mol. The quantitative estimate of drug-likeness (QED) is 0.490. The predicted octanol–water partition coefficient (Wildman–Crippen LogP) is 1.52. The number of alkyl halides is 3. The number of carbonyl (C=O) groups excluding carboxylic acids is 4. The van der Waals surface area contributed by atoms with Gasteiger partial charge in [0, 0.05) is 12.7 Å². The van der Waals surface area contributed by atoms with Gasteiger partial charge < -0.3 is 20.5 Å². The second-order valence-electron chi connectivity index (χ2n) is 7.59. The Morgan fingerprint density at radius 1 is 1.19 bits per heavy atom. The number of aromatic amines is 1. The summed E-state index contributed by atoms with van der Waals surface area (Å²) in [5.41, 5.74) is 0. The van der Waals surface area contributed by atoms with Crippen molar-refractivity contribution in [3.63, 3.8) is 0 Å². The molecule has 9 nitrogen and oxygen atoms in total. The fourth-order valence-electron chi connectivity index (χ4n) is 3.64. The van der Waals surface area contributed by atoms with Crippen LogP contribution >= 0.6 is 0 Å². The first-order valence-corrected chi connectivity index (χ1v) is 10.5. The number of rotatable bonds is 10. The van der Waals surface area contributed by atoms with Crippen LogP contribution in [0.2, 0.25) is 0 Å². The topological polar surface area (TPSA) is 124 Å². The highest BCUT2D eigenvalue weighted by Crippen LogP contribution is 2.23. The Labute approximate surface area is 183 Å². The summed E-state index contributed by atoms with van der Waals surface area (Å²) in [4.78, 5) is 57.4. The van der Waals surface area contributed by atoms with Crippen LogP contribution in [0, 0.1) is 6.20 Å². The van der Waals surface area contributed by atoms with E-state index in [1.54, 1.807) is 6.92 Å². The molecule has 0 unspecified atom stereocenters. The number of ketones is 1. The monoisotopic (exact) mass is 458 g/mol. The molecule has 0 aliphatic carbocycles.